The van der Waals surface area contributed by atoms with Crippen molar-refractivity contribution < 1.29 is 4.79 Å². The van der Waals surface area contributed by atoms with Crippen molar-refractivity contribution in [2.24, 2.45) is 0 Å². The Morgan fingerprint density at radius 2 is 1.79 bits per heavy atom. The highest BCUT2D eigenvalue weighted by Gasteiger charge is 2.24. The van der Waals surface area contributed by atoms with Gasteiger partial charge in [0.25, 0.3) is 0 Å². The van der Waals surface area contributed by atoms with Crippen molar-refractivity contribution in [2.45, 2.75) is 12.8 Å². The van der Waals surface area contributed by atoms with Gasteiger partial charge in [-0.25, -0.2) is 15.0 Å². The Kier molecular flexibility index (Phi) is 4.44. The molecule has 0 spiro atoms. The Morgan fingerprint density at radius 1 is 0.964 bits per heavy atom. The Balaban J connectivity index is 1.41. The predicted octanol–water partition coefficient (Wildman–Crippen LogP) is 2.63. The van der Waals surface area contributed by atoms with Gasteiger partial charge in [-0.1, -0.05) is 11.3 Å². The number of pyridine rings is 2. The van der Waals surface area contributed by atoms with Crippen molar-refractivity contribution in [2.75, 3.05) is 49.6 Å². The van der Waals surface area contributed by atoms with Crippen LogP contribution in [0.2, 0.25) is 0 Å². The first kappa shape index (κ1) is 17.5. The largest absolute Gasteiger partial charge is 0.357 e. The second kappa shape index (κ2) is 7.10. The topological polar surface area (TPSA) is 65.5 Å². The molecule has 0 aromatic carbocycles. The first-order chi connectivity index (χ1) is 13.7. The van der Waals surface area contributed by atoms with E-state index in [4.69, 9.17) is 9.97 Å². The number of rotatable bonds is 3. The van der Waals surface area contributed by atoms with Gasteiger partial charge in [-0.3, -0.25) is 14.6 Å². The van der Waals surface area contributed by atoms with Crippen LogP contribution >= 0.6 is 11.3 Å². The van der Waals surface area contributed by atoms with Gasteiger partial charge >= 0.3 is 0 Å². The predicted molar refractivity (Wildman–Crippen MR) is 112 cm³/mol. The summed E-state index contributed by atoms with van der Waals surface area (Å²) in [4.78, 5) is 33.4. The zero-order valence-corrected chi connectivity index (χ0v) is 16.7. The molecule has 0 N–H and O–H groups in total. The van der Waals surface area contributed by atoms with Crippen molar-refractivity contribution in [1.82, 2.24) is 19.9 Å². The van der Waals surface area contributed by atoms with E-state index < -0.39 is 0 Å². The molecular weight excluding hydrogens is 372 g/mol. The Hall–Kier alpha value is -2.58. The van der Waals surface area contributed by atoms with E-state index in [-0.39, 0.29) is 5.91 Å². The number of likely N-dealkylation sites (N-methyl/N-ethyl adjacent to an activating group) is 1. The summed E-state index contributed by atoms with van der Waals surface area (Å²) in [6.07, 6.45) is 4.38. The molecule has 2 saturated heterocycles. The van der Waals surface area contributed by atoms with E-state index in [2.05, 4.69) is 22.0 Å². The Bertz CT molecular complexity index is 1010. The fraction of sp³-hybridized carbons (Fsp3) is 0.400. The average molecular weight is 395 g/mol. The van der Waals surface area contributed by atoms with Gasteiger partial charge in [0.05, 0.1) is 6.54 Å². The third-order valence-corrected chi connectivity index (χ3v) is 6.37. The summed E-state index contributed by atoms with van der Waals surface area (Å²) in [6, 6.07) is 8.01. The molecule has 0 unspecified atom stereocenters. The first-order valence-corrected chi connectivity index (χ1v) is 10.5. The molecule has 28 heavy (non-hydrogen) atoms. The monoisotopic (exact) mass is 394 g/mol. The molecule has 3 aromatic rings. The highest BCUT2D eigenvalue weighted by molar-refractivity contribution is 7.21. The number of thiazole rings is 1. The molecular formula is C20H22N6OS. The lowest BCUT2D eigenvalue weighted by Gasteiger charge is -2.31. The van der Waals surface area contributed by atoms with Crippen LogP contribution in [0.25, 0.3) is 20.9 Å². The van der Waals surface area contributed by atoms with Gasteiger partial charge in [0.2, 0.25) is 5.91 Å². The van der Waals surface area contributed by atoms with Crippen LogP contribution in [0.15, 0.2) is 30.5 Å². The molecule has 0 atom stereocenters. The summed E-state index contributed by atoms with van der Waals surface area (Å²) in [7, 11) is 1.96. The Labute approximate surface area is 167 Å². The summed E-state index contributed by atoms with van der Waals surface area (Å²) in [5.41, 5.74) is 1.86. The molecule has 8 heteroatoms. The van der Waals surface area contributed by atoms with Crippen LogP contribution < -0.4 is 9.80 Å². The average Bonchev–Trinajstić information content (AvgIpc) is 3.37. The van der Waals surface area contributed by atoms with Crippen LogP contribution in [0.5, 0.6) is 0 Å². The molecule has 0 aliphatic carbocycles. The normalized spacial score (nSPS) is 18.4. The number of aromatic nitrogens is 3. The number of amides is 1. The number of fused-ring (bicyclic) bond motifs is 1. The standard InChI is InChI=1S/C20H22N6OS/c1-24-10-11-26(18(27)13-24)17-7-5-15-20(23-17)28-19(22-15)14-4-6-16(21-12-14)25-8-2-3-9-25/h4-7,12H,2-3,8-11,13H2,1H3. The van der Waals surface area contributed by atoms with Gasteiger partial charge in [-0.2, -0.15) is 0 Å². The third kappa shape index (κ3) is 3.22. The van der Waals surface area contributed by atoms with Crippen molar-refractivity contribution in [1.29, 1.82) is 0 Å². The van der Waals surface area contributed by atoms with Gasteiger partial charge < -0.3 is 4.90 Å². The third-order valence-electron chi connectivity index (χ3n) is 5.35. The molecule has 3 aromatic heterocycles. The van der Waals surface area contributed by atoms with Crippen LogP contribution in [0.1, 0.15) is 12.8 Å². The zero-order chi connectivity index (χ0) is 19.1. The van der Waals surface area contributed by atoms with E-state index in [1.165, 1.54) is 12.8 Å². The van der Waals surface area contributed by atoms with Gasteiger partial charge in [-0.05, 0) is 44.2 Å². The Morgan fingerprint density at radius 3 is 2.54 bits per heavy atom. The van der Waals surface area contributed by atoms with E-state index in [9.17, 15) is 4.79 Å². The fourth-order valence-corrected chi connectivity index (χ4v) is 4.68. The number of hydrogen-bond donors (Lipinski definition) is 0. The number of carbonyl (C=O) groups excluding carboxylic acids is 1. The van der Waals surface area contributed by atoms with E-state index in [0.29, 0.717) is 18.9 Å². The van der Waals surface area contributed by atoms with E-state index in [0.717, 1.165) is 46.4 Å². The summed E-state index contributed by atoms with van der Waals surface area (Å²) in [6.45, 7) is 4.13. The van der Waals surface area contributed by atoms with Crippen molar-refractivity contribution in [3.63, 3.8) is 0 Å². The van der Waals surface area contributed by atoms with Gasteiger partial charge in [0.15, 0.2) is 0 Å². The number of hydrogen-bond acceptors (Lipinski definition) is 7. The SMILES string of the molecule is CN1CCN(c2ccc3nc(-c4ccc(N5CCCC5)nc4)sc3n2)C(=O)C1. The van der Waals surface area contributed by atoms with Crippen molar-refractivity contribution in [3.05, 3.63) is 30.5 Å². The maximum atomic E-state index is 12.3. The molecule has 2 aliphatic rings. The van der Waals surface area contributed by atoms with Crippen LogP contribution in [0.4, 0.5) is 11.6 Å². The summed E-state index contributed by atoms with van der Waals surface area (Å²) in [5.74, 6) is 1.84. The summed E-state index contributed by atoms with van der Waals surface area (Å²) < 4.78 is 0. The summed E-state index contributed by atoms with van der Waals surface area (Å²) >= 11 is 1.54. The lowest BCUT2D eigenvalue weighted by atomic mass is 10.3. The van der Waals surface area contributed by atoms with Crippen LogP contribution in [-0.2, 0) is 4.79 Å². The molecule has 5 heterocycles. The lowest BCUT2D eigenvalue weighted by molar-refractivity contribution is -0.120. The quantitative estimate of drug-likeness (QED) is 0.680. The molecule has 2 fully saturated rings. The highest BCUT2D eigenvalue weighted by atomic mass is 32.1. The second-order valence-corrected chi connectivity index (χ2v) is 8.37. The molecule has 144 valence electrons. The molecule has 7 nitrogen and oxygen atoms in total. The van der Waals surface area contributed by atoms with Gasteiger partial charge in [-0.15, -0.1) is 0 Å². The van der Waals surface area contributed by atoms with E-state index in [1.807, 2.05) is 30.3 Å². The minimum Gasteiger partial charge on any atom is -0.357 e. The zero-order valence-electron chi connectivity index (χ0n) is 15.8. The summed E-state index contributed by atoms with van der Waals surface area (Å²) in [5, 5.41) is 0.907. The highest BCUT2D eigenvalue weighted by Crippen LogP contribution is 2.31. The number of piperazine rings is 1. The first-order valence-electron chi connectivity index (χ1n) is 9.65. The maximum Gasteiger partial charge on any atom is 0.242 e. The molecule has 0 bridgehead atoms. The van der Waals surface area contributed by atoms with Gasteiger partial charge in [0, 0.05) is 37.9 Å². The number of nitrogens with zero attached hydrogens (tertiary/aromatic N) is 6. The number of carbonyl (C=O) groups is 1. The minimum atomic E-state index is 0.0899. The van der Waals surface area contributed by atoms with Crippen LogP contribution in [-0.4, -0.2) is 65.5 Å². The molecule has 5 rings (SSSR count). The van der Waals surface area contributed by atoms with Crippen LogP contribution in [0.3, 0.4) is 0 Å². The molecule has 0 saturated carbocycles. The van der Waals surface area contributed by atoms with Crippen molar-refractivity contribution in [3.8, 4) is 10.6 Å². The van der Waals surface area contributed by atoms with Crippen LogP contribution in [0, 0.1) is 0 Å². The van der Waals surface area contributed by atoms with Crippen molar-refractivity contribution >= 4 is 39.2 Å². The van der Waals surface area contributed by atoms with E-state index >= 15 is 0 Å². The number of anilines is 2. The smallest absolute Gasteiger partial charge is 0.242 e. The fourth-order valence-electron chi connectivity index (χ4n) is 3.76. The lowest BCUT2D eigenvalue weighted by Crippen LogP contribution is -2.49. The molecule has 0 radical (unpaired) electrons. The maximum absolute atomic E-state index is 12.3. The molecule has 2 aliphatic heterocycles. The van der Waals surface area contributed by atoms with E-state index in [1.54, 1.807) is 16.2 Å². The second-order valence-electron chi connectivity index (χ2n) is 7.40. The van der Waals surface area contributed by atoms with Gasteiger partial charge in [0.1, 0.15) is 27.0 Å². The minimum absolute atomic E-state index is 0.0899. The molecule has 1 amide bonds.